The number of pyridine rings is 1. The molecule has 0 aliphatic heterocycles. The Morgan fingerprint density at radius 3 is 2.45 bits per heavy atom. The highest BCUT2D eigenvalue weighted by Crippen LogP contribution is 2.24. The number of benzene rings is 2. The molecule has 0 atom stereocenters. The van der Waals surface area contributed by atoms with Gasteiger partial charge in [-0.3, -0.25) is 14.5 Å². The molecule has 0 radical (unpaired) electrons. The predicted molar refractivity (Wildman–Crippen MR) is 119 cm³/mol. The lowest BCUT2D eigenvalue weighted by molar-refractivity contribution is 0.0690. The van der Waals surface area contributed by atoms with Gasteiger partial charge in [-0.25, -0.2) is 24.4 Å². The number of aryl methyl sites for hydroxylation is 1. The van der Waals surface area contributed by atoms with Crippen molar-refractivity contribution >= 4 is 11.7 Å². The third kappa shape index (κ3) is 5.31. The standard InChI is InChI=1S/C23H19N5O5/c1-14-2-4-15(5-3-14)13-28-21(26-22(31)27-23(28)32)25-16-6-8-17(9-7-16)33-18-10-11-24-19(12-18)20(29)30/h2-12H,13H2,1H3,(H,29,30)(H2,25,26,27,31,32). The van der Waals surface area contributed by atoms with E-state index in [1.165, 1.54) is 16.8 Å². The number of aromatic nitrogens is 4. The lowest BCUT2D eigenvalue weighted by Crippen LogP contribution is -2.44. The van der Waals surface area contributed by atoms with Gasteiger partial charge in [0.25, 0.3) is 0 Å². The van der Waals surface area contributed by atoms with E-state index in [0.29, 0.717) is 17.2 Å². The maximum Gasteiger partial charge on any atom is 0.354 e. The molecule has 166 valence electrons. The minimum Gasteiger partial charge on any atom is -0.477 e. The van der Waals surface area contributed by atoms with Crippen molar-refractivity contribution in [3.8, 4) is 11.5 Å². The van der Waals surface area contributed by atoms with E-state index in [9.17, 15) is 14.4 Å². The molecule has 10 nitrogen and oxygen atoms in total. The quantitative estimate of drug-likeness (QED) is 0.416. The zero-order valence-electron chi connectivity index (χ0n) is 17.5. The minimum absolute atomic E-state index is 0.0956. The van der Waals surface area contributed by atoms with Gasteiger partial charge in [-0.15, -0.1) is 0 Å². The van der Waals surface area contributed by atoms with E-state index < -0.39 is 17.3 Å². The second kappa shape index (κ2) is 9.18. The number of aromatic carboxylic acids is 1. The van der Waals surface area contributed by atoms with Gasteiger partial charge in [0, 0.05) is 12.3 Å². The molecule has 0 saturated heterocycles. The van der Waals surface area contributed by atoms with Crippen LogP contribution in [-0.4, -0.2) is 30.6 Å². The fourth-order valence-electron chi connectivity index (χ4n) is 3.01. The van der Waals surface area contributed by atoms with Crippen molar-refractivity contribution in [3.63, 3.8) is 0 Å². The monoisotopic (exact) mass is 445 g/mol. The Morgan fingerprint density at radius 1 is 1.03 bits per heavy atom. The van der Waals surface area contributed by atoms with Crippen LogP contribution < -0.4 is 21.7 Å². The maximum absolute atomic E-state index is 12.4. The van der Waals surface area contributed by atoms with Crippen molar-refractivity contribution in [2.75, 3.05) is 0 Å². The maximum atomic E-state index is 12.4. The summed E-state index contributed by atoms with van der Waals surface area (Å²) < 4.78 is 7.00. The van der Waals surface area contributed by atoms with Crippen molar-refractivity contribution in [2.24, 2.45) is 4.99 Å². The molecule has 0 fully saturated rings. The SMILES string of the molecule is Cc1ccc(Cn2c(=O)[nH]c(=O)[nH]/c2=N\c2ccc(Oc3ccnc(C(=O)O)c3)cc2)cc1. The Bertz CT molecular complexity index is 1480. The first-order valence-corrected chi connectivity index (χ1v) is 9.88. The average molecular weight is 445 g/mol. The van der Waals surface area contributed by atoms with Crippen LogP contribution in [0.15, 0.2) is 81.4 Å². The fourth-order valence-corrected chi connectivity index (χ4v) is 3.01. The van der Waals surface area contributed by atoms with Crippen LogP contribution in [-0.2, 0) is 6.54 Å². The largest absolute Gasteiger partial charge is 0.477 e. The molecule has 0 unspecified atom stereocenters. The molecular weight excluding hydrogens is 426 g/mol. The highest BCUT2D eigenvalue weighted by molar-refractivity contribution is 5.85. The van der Waals surface area contributed by atoms with Crippen LogP contribution in [0.4, 0.5) is 5.69 Å². The van der Waals surface area contributed by atoms with Crippen LogP contribution in [0.2, 0.25) is 0 Å². The van der Waals surface area contributed by atoms with Crippen molar-refractivity contribution < 1.29 is 14.6 Å². The Hall–Kier alpha value is -4.73. The average Bonchev–Trinajstić information content (AvgIpc) is 2.79. The Balaban J connectivity index is 1.63. The number of carboxylic acid groups (broad SMARTS) is 1. The fraction of sp³-hybridized carbons (Fsp3) is 0.0870. The van der Waals surface area contributed by atoms with E-state index in [2.05, 4.69) is 19.9 Å². The van der Waals surface area contributed by atoms with Crippen LogP contribution in [0.1, 0.15) is 21.6 Å². The number of nitrogens with zero attached hydrogens (tertiary/aromatic N) is 3. The highest BCUT2D eigenvalue weighted by atomic mass is 16.5. The Labute approximate surface area is 186 Å². The van der Waals surface area contributed by atoms with Gasteiger partial charge < -0.3 is 9.84 Å². The molecule has 0 saturated carbocycles. The van der Waals surface area contributed by atoms with Gasteiger partial charge in [0.2, 0.25) is 5.62 Å². The molecule has 0 spiro atoms. The second-order valence-corrected chi connectivity index (χ2v) is 7.17. The number of aromatic amines is 2. The summed E-state index contributed by atoms with van der Waals surface area (Å²) in [5.41, 5.74) is 1.17. The van der Waals surface area contributed by atoms with Crippen LogP contribution in [0.3, 0.4) is 0 Å². The summed E-state index contributed by atoms with van der Waals surface area (Å²) in [7, 11) is 0. The normalized spacial score (nSPS) is 11.4. The highest BCUT2D eigenvalue weighted by Gasteiger charge is 2.07. The van der Waals surface area contributed by atoms with E-state index in [4.69, 9.17) is 9.84 Å². The van der Waals surface area contributed by atoms with Crippen LogP contribution in [0, 0.1) is 6.92 Å². The van der Waals surface area contributed by atoms with Crippen molar-refractivity contribution in [1.29, 1.82) is 0 Å². The van der Waals surface area contributed by atoms with E-state index in [-0.39, 0.29) is 17.9 Å². The number of H-pyrrole nitrogens is 2. The first kappa shape index (κ1) is 21.5. The second-order valence-electron chi connectivity index (χ2n) is 7.17. The lowest BCUT2D eigenvalue weighted by atomic mass is 10.1. The first-order chi connectivity index (χ1) is 15.9. The number of nitrogens with one attached hydrogen (secondary N) is 2. The molecule has 0 bridgehead atoms. The molecular formula is C23H19N5O5. The molecule has 0 aliphatic rings. The molecule has 2 aromatic heterocycles. The molecule has 3 N–H and O–H groups in total. The first-order valence-electron chi connectivity index (χ1n) is 9.88. The summed E-state index contributed by atoms with van der Waals surface area (Å²) in [4.78, 5) is 48.2. The zero-order valence-corrected chi connectivity index (χ0v) is 17.5. The van der Waals surface area contributed by atoms with E-state index >= 15 is 0 Å². The predicted octanol–water partition coefficient (Wildman–Crippen LogP) is 2.34. The third-order valence-corrected chi connectivity index (χ3v) is 4.67. The number of hydrogen-bond donors (Lipinski definition) is 3. The molecule has 2 aromatic carbocycles. The summed E-state index contributed by atoms with van der Waals surface area (Å²) in [5, 5.41) is 9.04. The molecule has 2 heterocycles. The van der Waals surface area contributed by atoms with Gasteiger partial charge in [0.1, 0.15) is 11.5 Å². The minimum atomic E-state index is -1.15. The van der Waals surface area contributed by atoms with Gasteiger partial charge >= 0.3 is 17.3 Å². The van der Waals surface area contributed by atoms with Gasteiger partial charge in [0.05, 0.1) is 12.2 Å². The molecule has 4 aromatic rings. The Kier molecular flexibility index (Phi) is 5.98. The lowest BCUT2D eigenvalue weighted by Gasteiger charge is -2.07. The van der Waals surface area contributed by atoms with Crippen molar-refractivity contribution in [2.45, 2.75) is 13.5 Å². The number of carbonyl (C=O) groups is 1. The van der Waals surface area contributed by atoms with Gasteiger partial charge in [-0.1, -0.05) is 29.8 Å². The van der Waals surface area contributed by atoms with Crippen molar-refractivity contribution in [1.82, 2.24) is 19.5 Å². The van der Waals surface area contributed by atoms with E-state index in [0.717, 1.165) is 11.1 Å². The van der Waals surface area contributed by atoms with Crippen LogP contribution >= 0.6 is 0 Å². The number of carboxylic acids is 1. The van der Waals surface area contributed by atoms with Gasteiger partial charge in [-0.2, -0.15) is 0 Å². The summed E-state index contributed by atoms with van der Waals surface area (Å²) in [6.07, 6.45) is 1.35. The number of rotatable bonds is 6. The molecule has 0 aliphatic carbocycles. The molecule has 33 heavy (non-hydrogen) atoms. The van der Waals surface area contributed by atoms with E-state index in [1.807, 2.05) is 31.2 Å². The summed E-state index contributed by atoms with van der Waals surface area (Å²) in [6.45, 7) is 2.19. The molecule has 0 amide bonds. The van der Waals surface area contributed by atoms with Gasteiger partial charge in [0.15, 0.2) is 5.69 Å². The Morgan fingerprint density at radius 2 is 1.76 bits per heavy atom. The molecule has 10 heteroatoms. The molecule has 4 rings (SSSR count). The summed E-state index contributed by atoms with van der Waals surface area (Å²) in [5.74, 6) is -0.384. The number of hydrogen-bond acceptors (Lipinski definition) is 6. The van der Waals surface area contributed by atoms with Crippen LogP contribution in [0.5, 0.6) is 11.5 Å². The zero-order chi connectivity index (χ0) is 23.4. The number of ether oxygens (including phenoxy) is 1. The topological polar surface area (TPSA) is 142 Å². The smallest absolute Gasteiger partial charge is 0.354 e. The van der Waals surface area contributed by atoms with Crippen molar-refractivity contribution in [3.05, 3.63) is 110 Å². The summed E-state index contributed by atoms with van der Waals surface area (Å²) >= 11 is 0. The third-order valence-electron chi connectivity index (χ3n) is 4.67. The van der Waals surface area contributed by atoms with E-state index in [1.54, 1.807) is 30.3 Å². The van der Waals surface area contributed by atoms with Crippen LogP contribution in [0.25, 0.3) is 0 Å². The summed E-state index contributed by atoms with van der Waals surface area (Å²) in [6, 6.07) is 17.1. The van der Waals surface area contributed by atoms with Gasteiger partial charge in [-0.05, 0) is 42.8 Å².